The number of furan rings is 1. The molecular weight excluding hydrogens is 168 g/mol. The molecule has 0 radical (unpaired) electrons. The Bertz CT molecular complexity index is 524. The average molecular weight is 172 g/mol. The summed E-state index contributed by atoms with van der Waals surface area (Å²) in [5.74, 6) is 0. The summed E-state index contributed by atoms with van der Waals surface area (Å²) >= 11 is 0. The quantitative estimate of drug-likeness (QED) is 0.509. The van der Waals surface area contributed by atoms with Crippen molar-refractivity contribution in [1.29, 1.82) is 0 Å². The lowest BCUT2D eigenvalue weighted by molar-refractivity contribution is 0.662. The highest BCUT2D eigenvalue weighted by Crippen LogP contribution is 2.22. The number of rotatable bonds is 0. The summed E-state index contributed by atoms with van der Waals surface area (Å²) < 4.78 is 5.40. The molecule has 0 aliphatic heterocycles. The maximum absolute atomic E-state index is 5.40. The Morgan fingerprint density at radius 3 is 1.92 bits per heavy atom. The van der Waals surface area contributed by atoms with Crippen molar-refractivity contribution in [3.05, 3.63) is 25.0 Å². The van der Waals surface area contributed by atoms with Crippen molar-refractivity contribution in [1.82, 2.24) is 19.9 Å². The molecule has 0 spiro atoms. The Morgan fingerprint density at radius 1 is 0.846 bits per heavy atom. The van der Waals surface area contributed by atoms with Crippen molar-refractivity contribution in [3.63, 3.8) is 0 Å². The molecule has 3 heterocycles. The summed E-state index contributed by atoms with van der Waals surface area (Å²) in [6.07, 6.45) is 6.17. The minimum atomic E-state index is 0.637. The zero-order valence-electron chi connectivity index (χ0n) is 6.51. The van der Waals surface area contributed by atoms with Gasteiger partial charge < -0.3 is 4.42 Å². The fourth-order valence-electron chi connectivity index (χ4n) is 1.26. The van der Waals surface area contributed by atoms with Crippen LogP contribution in [0.4, 0.5) is 0 Å². The molecule has 5 nitrogen and oxygen atoms in total. The highest BCUT2D eigenvalue weighted by molar-refractivity contribution is 5.98. The molecule has 3 rings (SSSR count). The van der Waals surface area contributed by atoms with Crippen molar-refractivity contribution in [3.8, 4) is 0 Å². The second kappa shape index (κ2) is 2.22. The average Bonchev–Trinajstić information content (AvgIpc) is 2.56. The molecule has 0 unspecified atom stereocenters. The third-order valence-corrected chi connectivity index (χ3v) is 1.80. The van der Waals surface area contributed by atoms with E-state index in [4.69, 9.17) is 4.42 Å². The first-order chi connectivity index (χ1) is 6.45. The van der Waals surface area contributed by atoms with Gasteiger partial charge in [-0.1, -0.05) is 0 Å². The Morgan fingerprint density at radius 2 is 1.38 bits per heavy atom. The van der Waals surface area contributed by atoms with Gasteiger partial charge in [-0.15, -0.1) is 0 Å². The first kappa shape index (κ1) is 6.47. The number of aromatic nitrogens is 4. The third-order valence-electron chi connectivity index (χ3n) is 1.80. The van der Waals surface area contributed by atoms with Crippen LogP contribution in [0.5, 0.6) is 0 Å². The normalized spacial score (nSPS) is 11.1. The van der Waals surface area contributed by atoms with Crippen LogP contribution in [-0.4, -0.2) is 19.9 Å². The van der Waals surface area contributed by atoms with E-state index in [1.54, 1.807) is 12.4 Å². The van der Waals surface area contributed by atoms with E-state index in [-0.39, 0.29) is 0 Å². The smallest absolute Gasteiger partial charge is 0.173 e. The molecule has 3 aromatic rings. The van der Waals surface area contributed by atoms with Gasteiger partial charge in [0.25, 0.3) is 0 Å². The molecule has 0 saturated heterocycles. The molecule has 0 N–H and O–H groups in total. The van der Waals surface area contributed by atoms with Crippen molar-refractivity contribution in [2.75, 3.05) is 0 Å². The number of nitrogens with zero attached hydrogens (tertiary/aromatic N) is 4. The molecule has 62 valence electrons. The first-order valence-electron chi connectivity index (χ1n) is 3.73. The van der Waals surface area contributed by atoms with Crippen LogP contribution in [-0.2, 0) is 0 Å². The SMILES string of the molecule is c1ncc2oc3cncnc3c2n1. The predicted octanol–water partition coefficient (Wildman–Crippen LogP) is 1.17. The van der Waals surface area contributed by atoms with Gasteiger partial charge >= 0.3 is 0 Å². The summed E-state index contributed by atoms with van der Waals surface area (Å²) in [5, 5.41) is 0. The van der Waals surface area contributed by atoms with Crippen molar-refractivity contribution in [2.24, 2.45) is 0 Å². The van der Waals surface area contributed by atoms with E-state index < -0.39 is 0 Å². The van der Waals surface area contributed by atoms with Crippen LogP contribution in [0.2, 0.25) is 0 Å². The molecule has 0 aliphatic carbocycles. The van der Waals surface area contributed by atoms with E-state index in [1.807, 2.05) is 0 Å². The van der Waals surface area contributed by atoms with E-state index in [2.05, 4.69) is 19.9 Å². The summed E-state index contributed by atoms with van der Waals surface area (Å²) in [6.45, 7) is 0. The molecule has 0 atom stereocenters. The summed E-state index contributed by atoms with van der Waals surface area (Å²) in [5.41, 5.74) is 2.73. The predicted molar refractivity (Wildman–Crippen MR) is 44.9 cm³/mol. The van der Waals surface area contributed by atoms with Gasteiger partial charge in [-0.05, 0) is 0 Å². The van der Waals surface area contributed by atoms with Crippen LogP contribution in [0.15, 0.2) is 29.5 Å². The molecule has 0 amide bonds. The number of fused-ring (bicyclic) bond motifs is 3. The maximum atomic E-state index is 5.40. The lowest BCUT2D eigenvalue weighted by atomic mass is 10.4. The van der Waals surface area contributed by atoms with Gasteiger partial charge in [-0.3, -0.25) is 0 Å². The second-order valence-corrected chi connectivity index (χ2v) is 2.57. The molecule has 5 heteroatoms. The Kier molecular flexibility index (Phi) is 1.11. The lowest BCUT2D eigenvalue weighted by Crippen LogP contribution is -1.78. The van der Waals surface area contributed by atoms with Gasteiger partial charge in [0.05, 0.1) is 12.4 Å². The van der Waals surface area contributed by atoms with Crippen LogP contribution in [0.25, 0.3) is 22.2 Å². The monoisotopic (exact) mass is 172 g/mol. The van der Waals surface area contributed by atoms with E-state index >= 15 is 0 Å². The van der Waals surface area contributed by atoms with Crippen LogP contribution in [0.1, 0.15) is 0 Å². The number of hydrogen-bond donors (Lipinski definition) is 0. The van der Waals surface area contributed by atoms with Crippen LogP contribution in [0.3, 0.4) is 0 Å². The maximum Gasteiger partial charge on any atom is 0.173 e. The van der Waals surface area contributed by atoms with E-state index in [0.29, 0.717) is 11.2 Å². The summed E-state index contributed by atoms with van der Waals surface area (Å²) in [7, 11) is 0. The molecular formula is C8H4N4O. The van der Waals surface area contributed by atoms with E-state index in [0.717, 1.165) is 11.0 Å². The minimum absolute atomic E-state index is 0.637. The molecule has 0 aromatic carbocycles. The minimum Gasteiger partial charge on any atom is -0.449 e. The lowest BCUT2D eigenvalue weighted by Gasteiger charge is -1.83. The first-order valence-corrected chi connectivity index (χ1v) is 3.73. The fourth-order valence-corrected chi connectivity index (χ4v) is 1.26. The van der Waals surface area contributed by atoms with Gasteiger partial charge in [0.15, 0.2) is 11.2 Å². The van der Waals surface area contributed by atoms with Gasteiger partial charge in [0.1, 0.15) is 23.7 Å². The molecule has 0 saturated carbocycles. The Labute approximate surface area is 72.5 Å². The van der Waals surface area contributed by atoms with Gasteiger partial charge in [-0.2, -0.15) is 0 Å². The molecule has 0 fully saturated rings. The highest BCUT2D eigenvalue weighted by atomic mass is 16.3. The molecule has 0 aliphatic rings. The third kappa shape index (κ3) is 0.807. The molecule has 0 bridgehead atoms. The van der Waals surface area contributed by atoms with Gasteiger partial charge in [0, 0.05) is 0 Å². The molecule has 13 heavy (non-hydrogen) atoms. The van der Waals surface area contributed by atoms with E-state index in [9.17, 15) is 0 Å². The Balaban J connectivity index is 2.64. The summed E-state index contributed by atoms with van der Waals surface area (Å²) in [4.78, 5) is 15.9. The van der Waals surface area contributed by atoms with Gasteiger partial charge in [0.2, 0.25) is 0 Å². The summed E-state index contributed by atoms with van der Waals surface area (Å²) in [6, 6.07) is 0. The van der Waals surface area contributed by atoms with Crippen LogP contribution >= 0.6 is 0 Å². The topological polar surface area (TPSA) is 64.7 Å². The second-order valence-electron chi connectivity index (χ2n) is 2.57. The van der Waals surface area contributed by atoms with Crippen molar-refractivity contribution < 1.29 is 4.42 Å². The number of hydrogen-bond acceptors (Lipinski definition) is 5. The molecule has 3 aromatic heterocycles. The van der Waals surface area contributed by atoms with Crippen LogP contribution < -0.4 is 0 Å². The van der Waals surface area contributed by atoms with E-state index in [1.165, 1.54) is 12.7 Å². The highest BCUT2D eigenvalue weighted by Gasteiger charge is 2.07. The zero-order valence-corrected chi connectivity index (χ0v) is 6.51. The largest absolute Gasteiger partial charge is 0.449 e. The van der Waals surface area contributed by atoms with Crippen molar-refractivity contribution in [2.45, 2.75) is 0 Å². The zero-order chi connectivity index (χ0) is 8.67. The fraction of sp³-hybridized carbons (Fsp3) is 0. The standard InChI is InChI=1S/C8H4N4O/c1-5-7(11-3-9-1)8-6(13-5)2-10-4-12-8/h1-4H. The van der Waals surface area contributed by atoms with Crippen LogP contribution in [0, 0.1) is 0 Å². The Hall–Kier alpha value is -2.04. The van der Waals surface area contributed by atoms with Gasteiger partial charge in [-0.25, -0.2) is 19.9 Å². The van der Waals surface area contributed by atoms with Crippen molar-refractivity contribution >= 4 is 22.2 Å².